The van der Waals surface area contributed by atoms with Crippen LogP contribution in [0.1, 0.15) is 36.8 Å². The number of hydrogen-bond donors (Lipinski definition) is 2. The zero-order valence-electron chi connectivity index (χ0n) is 11.7. The maximum Gasteiger partial charge on any atom is 0.268 e. The van der Waals surface area contributed by atoms with Crippen LogP contribution >= 0.6 is 0 Å². The molecule has 3 amide bonds. The van der Waals surface area contributed by atoms with Gasteiger partial charge in [-0.2, -0.15) is 0 Å². The zero-order valence-corrected chi connectivity index (χ0v) is 11.7. The summed E-state index contributed by atoms with van der Waals surface area (Å²) in [5.41, 5.74) is 6.57. The number of carbonyl (C=O) groups excluding carboxylic acids is 3. The molecule has 2 heterocycles. The summed E-state index contributed by atoms with van der Waals surface area (Å²) in [7, 11) is 1.41. The van der Waals surface area contributed by atoms with Crippen molar-refractivity contribution in [2.75, 3.05) is 12.8 Å². The van der Waals surface area contributed by atoms with Crippen molar-refractivity contribution in [2.45, 2.75) is 32.4 Å². The number of nitrogens with one attached hydrogen (secondary N) is 1. The molecule has 1 aliphatic heterocycles. The summed E-state index contributed by atoms with van der Waals surface area (Å²) in [5, 5.41) is 2.59. The summed E-state index contributed by atoms with van der Waals surface area (Å²) < 4.78 is 1.73. The van der Waals surface area contributed by atoms with Crippen molar-refractivity contribution in [2.24, 2.45) is 0 Å². The summed E-state index contributed by atoms with van der Waals surface area (Å²) >= 11 is 0. The standard InChI is InChI=1S/C13H18N4O3/c1-7(2)17-6-8(14)4-10(17)12(19)15-9-5-11(18)16(3)13(9)20/h4,6-7,9H,5,14H2,1-3H3,(H,15,19). The van der Waals surface area contributed by atoms with Crippen LogP contribution in [0.4, 0.5) is 5.69 Å². The molecule has 1 aromatic heterocycles. The summed E-state index contributed by atoms with van der Waals surface area (Å²) in [6, 6.07) is 0.827. The Bertz CT molecular complexity index is 576. The average molecular weight is 278 g/mol. The van der Waals surface area contributed by atoms with E-state index < -0.39 is 11.9 Å². The Morgan fingerprint density at radius 2 is 2.10 bits per heavy atom. The largest absolute Gasteiger partial charge is 0.397 e. The third kappa shape index (κ3) is 2.38. The highest BCUT2D eigenvalue weighted by Crippen LogP contribution is 2.17. The van der Waals surface area contributed by atoms with Gasteiger partial charge in [-0.15, -0.1) is 0 Å². The number of likely N-dealkylation sites (tertiary alicyclic amines) is 1. The highest BCUT2D eigenvalue weighted by atomic mass is 16.2. The maximum absolute atomic E-state index is 12.2. The first kappa shape index (κ1) is 14.1. The van der Waals surface area contributed by atoms with Crippen molar-refractivity contribution < 1.29 is 14.4 Å². The molecule has 0 saturated carbocycles. The lowest BCUT2D eigenvalue weighted by Gasteiger charge is -2.15. The molecule has 1 aromatic rings. The molecule has 1 fully saturated rings. The fraction of sp³-hybridized carbons (Fsp3) is 0.462. The van der Waals surface area contributed by atoms with Gasteiger partial charge in [-0.3, -0.25) is 19.3 Å². The number of imide groups is 1. The van der Waals surface area contributed by atoms with Crippen LogP contribution in [0.3, 0.4) is 0 Å². The van der Waals surface area contributed by atoms with Gasteiger partial charge >= 0.3 is 0 Å². The summed E-state index contributed by atoms with van der Waals surface area (Å²) in [6.45, 7) is 3.85. The van der Waals surface area contributed by atoms with Crippen LogP contribution in [0.25, 0.3) is 0 Å². The monoisotopic (exact) mass is 278 g/mol. The Kier molecular flexibility index (Phi) is 3.52. The zero-order chi connectivity index (χ0) is 15.0. The first-order chi connectivity index (χ1) is 9.31. The third-order valence-electron chi connectivity index (χ3n) is 3.35. The molecule has 7 nitrogen and oxygen atoms in total. The van der Waals surface area contributed by atoms with E-state index in [0.717, 1.165) is 4.90 Å². The number of nitrogens with two attached hydrogens (primary N) is 1. The van der Waals surface area contributed by atoms with Crippen LogP contribution in [0.5, 0.6) is 0 Å². The number of anilines is 1. The number of nitrogens with zero attached hydrogens (tertiary/aromatic N) is 2. The van der Waals surface area contributed by atoms with E-state index in [1.54, 1.807) is 16.8 Å². The van der Waals surface area contributed by atoms with Crippen LogP contribution < -0.4 is 11.1 Å². The van der Waals surface area contributed by atoms with Crippen molar-refractivity contribution in [1.82, 2.24) is 14.8 Å². The number of rotatable bonds is 3. The van der Waals surface area contributed by atoms with Crippen LogP contribution in [0.2, 0.25) is 0 Å². The molecule has 2 rings (SSSR count). The number of amides is 3. The Labute approximate surface area is 116 Å². The van der Waals surface area contributed by atoms with Gasteiger partial charge in [0.05, 0.1) is 12.1 Å². The lowest BCUT2D eigenvalue weighted by Crippen LogP contribution is -2.41. The highest BCUT2D eigenvalue weighted by molar-refractivity contribution is 6.07. The Hall–Kier alpha value is -2.31. The normalized spacial score (nSPS) is 19.0. The molecule has 1 aliphatic rings. The molecule has 0 bridgehead atoms. The molecule has 0 radical (unpaired) electrons. The molecule has 0 aromatic carbocycles. The van der Waals surface area contributed by atoms with Gasteiger partial charge in [-0.05, 0) is 19.9 Å². The van der Waals surface area contributed by atoms with Gasteiger partial charge in [-0.25, -0.2) is 0 Å². The van der Waals surface area contributed by atoms with Gasteiger partial charge in [0.25, 0.3) is 11.8 Å². The van der Waals surface area contributed by atoms with Crippen molar-refractivity contribution in [3.05, 3.63) is 18.0 Å². The van der Waals surface area contributed by atoms with Crippen LogP contribution in [-0.2, 0) is 9.59 Å². The van der Waals surface area contributed by atoms with Crippen LogP contribution in [0.15, 0.2) is 12.3 Å². The van der Waals surface area contributed by atoms with E-state index in [2.05, 4.69) is 5.32 Å². The van der Waals surface area contributed by atoms with E-state index in [1.165, 1.54) is 7.05 Å². The van der Waals surface area contributed by atoms with E-state index in [1.807, 2.05) is 13.8 Å². The second kappa shape index (κ2) is 4.99. The average Bonchev–Trinajstić information content (AvgIpc) is 2.87. The minimum absolute atomic E-state index is 0.00105. The molecular weight excluding hydrogens is 260 g/mol. The summed E-state index contributed by atoms with van der Waals surface area (Å²) in [4.78, 5) is 36.4. The number of likely N-dealkylation sites (N-methyl/N-ethyl adjacent to an activating group) is 1. The SMILES string of the molecule is CC(C)n1cc(N)cc1C(=O)NC1CC(=O)N(C)C1=O. The lowest BCUT2D eigenvalue weighted by molar-refractivity contribution is -0.137. The predicted octanol–water partition coefficient (Wildman–Crippen LogP) is 0.138. The molecule has 1 unspecified atom stereocenters. The second-order valence-corrected chi connectivity index (χ2v) is 5.18. The van der Waals surface area contributed by atoms with Crippen LogP contribution in [-0.4, -0.2) is 40.3 Å². The Morgan fingerprint density at radius 1 is 1.45 bits per heavy atom. The van der Waals surface area contributed by atoms with E-state index >= 15 is 0 Å². The van der Waals surface area contributed by atoms with Crippen molar-refractivity contribution >= 4 is 23.4 Å². The second-order valence-electron chi connectivity index (χ2n) is 5.18. The van der Waals surface area contributed by atoms with E-state index in [-0.39, 0.29) is 24.3 Å². The van der Waals surface area contributed by atoms with Gasteiger partial charge in [-0.1, -0.05) is 0 Å². The first-order valence-electron chi connectivity index (χ1n) is 6.40. The molecule has 0 spiro atoms. The van der Waals surface area contributed by atoms with E-state index in [0.29, 0.717) is 11.4 Å². The smallest absolute Gasteiger partial charge is 0.268 e. The highest BCUT2D eigenvalue weighted by Gasteiger charge is 2.37. The maximum atomic E-state index is 12.2. The minimum atomic E-state index is -0.795. The van der Waals surface area contributed by atoms with Gasteiger partial charge in [0.2, 0.25) is 5.91 Å². The molecule has 108 valence electrons. The van der Waals surface area contributed by atoms with E-state index in [9.17, 15) is 14.4 Å². The molecule has 1 saturated heterocycles. The first-order valence-corrected chi connectivity index (χ1v) is 6.40. The fourth-order valence-electron chi connectivity index (χ4n) is 2.21. The number of hydrogen-bond acceptors (Lipinski definition) is 4. The topological polar surface area (TPSA) is 97.4 Å². The Balaban J connectivity index is 2.17. The van der Waals surface area contributed by atoms with E-state index in [4.69, 9.17) is 5.73 Å². The summed E-state index contributed by atoms with van der Waals surface area (Å²) in [6.07, 6.45) is 1.67. The lowest BCUT2D eigenvalue weighted by atomic mass is 10.2. The minimum Gasteiger partial charge on any atom is -0.397 e. The van der Waals surface area contributed by atoms with Crippen molar-refractivity contribution in [3.8, 4) is 0 Å². The predicted molar refractivity (Wildman–Crippen MR) is 72.9 cm³/mol. The summed E-state index contributed by atoms with van der Waals surface area (Å²) in [5.74, 6) is -1.09. The molecule has 3 N–H and O–H groups in total. The number of carbonyl (C=O) groups is 3. The molecule has 0 aliphatic carbocycles. The number of aromatic nitrogens is 1. The van der Waals surface area contributed by atoms with Gasteiger partial charge in [0.15, 0.2) is 0 Å². The van der Waals surface area contributed by atoms with Crippen molar-refractivity contribution in [3.63, 3.8) is 0 Å². The fourth-order valence-corrected chi connectivity index (χ4v) is 2.21. The quantitative estimate of drug-likeness (QED) is 0.768. The van der Waals surface area contributed by atoms with Gasteiger partial charge in [0, 0.05) is 19.3 Å². The number of nitrogen functional groups attached to an aromatic ring is 1. The molecule has 1 atom stereocenters. The third-order valence-corrected chi connectivity index (χ3v) is 3.35. The molecular formula is C13H18N4O3. The molecule has 20 heavy (non-hydrogen) atoms. The van der Waals surface area contributed by atoms with Crippen molar-refractivity contribution in [1.29, 1.82) is 0 Å². The Morgan fingerprint density at radius 3 is 2.60 bits per heavy atom. The van der Waals surface area contributed by atoms with Gasteiger partial charge < -0.3 is 15.6 Å². The molecule has 7 heteroatoms. The van der Waals surface area contributed by atoms with Gasteiger partial charge in [0.1, 0.15) is 11.7 Å². The van der Waals surface area contributed by atoms with Crippen LogP contribution in [0, 0.1) is 0 Å².